The second-order valence-corrected chi connectivity index (χ2v) is 5.02. The summed E-state index contributed by atoms with van der Waals surface area (Å²) < 4.78 is 0. The smallest absolute Gasteiger partial charge is 0.222 e. The van der Waals surface area contributed by atoms with Gasteiger partial charge in [0, 0.05) is 19.5 Å². The molecule has 1 N–H and O–H groups in total. The third kappa shape index (κ3) is 3.82. The van der Waals surface area contributed by atoms with Gasteiger partial charge in [-0.2, -0.15) is 0 Å². The van der Waals surface area contributed by atoms with Gasteiger partial charge in [0.1, 0.15) is 0 Å². The van der Waals surface area contributed by atoms with Crippen molar-refractivity contribution >= 4 is 5.91 Å². The van der Waals surface area contributed by atoms with Crippen LogP contribution in [0.3, 0.4) is 0 Å². The van der Waals surface area contributed by atoms with Gasteiger partial charge in [0.05, 0.1) is 6.10 Å². The molecule has 88 valence electrons. The lowest BCUT2D eigenvalue weighted by Crippen LogP contribution is -2.36. The molecule has 1 fully saturated rings. The molecular weight excluding hydrogens is 190 g/mol. The number of hydrogen-bond acceptors (Lipinski definition) is 2. The van der Waals surface area contributed by atoms with Crippen molar-refractivity contribution in [2.24, 2.45) is 11.8 Å². The van der Waals surface area contributed by atoms with Crippen LogP contribution < -0.4 is 0 Å². The molecule has 0 saturated carbocycles. The summed E-state index contributed by atoms with van der Waals surface area (Å²) in [5.41, 5.74) is 0. The summed E-state index contributed by atoms with van der Waals surface area (Å²) in [7, 11) is 0. The molecule has 2 unspecified atom stereocenters. The van der Waals surface area contributed by atoms with Gasteiger partial charge in [-0.1, -0.05) is 13.8 Å². The van der Waals surface area contributed by atoms with Gasteiger partial charge in [-0.05, 0) is 31.6 Å². The number of aliphatic hydroxyl groups excluding tert-OH is 1. The molecule has 1 heterocycles. The number of rotatable bonds is 3. The normalized spacial score (nSPS) is 25.5. The van der Waals surface area contributed by atoms with Gasteiger partial charge in [0.15, 0.2) is 0 Å². The third-order valence-corrected chi connectivity index (χ3v) is 3.28. The zero-order valence-corrected chi connectivity index (χ0v) is 10.1. The molecule has 0 bridgehead atoms. The Hall–Kier alpha value is -0.570. The molecule has 0 radical (unpaired) electrons. The van der Waals surface area contributed by atoms with E-state index in [1.54, 1.807) is 6.92 Å². The predicted molar refractivity (Wildman–Crippen MR) is 60.4 cm³/mol. The van der Waals surface area contributed by atoms with Crippen molar-refractivity contribution in [3.63, 3.8) is 0 Å². The second-order valence-electron chi connectivity index (χ2n) is 5.02. The topological polar surface area (TPSA) is 40.5 Å². The first-order chi connectivity index (χ1) is 7.00. The Labute approximate surface area is 92.5 Å². The average molecular weight is 213 g/mol. The van der Waals surface area contributed by atoms with Crippen molar-refractivity contribution < 1.29 is 9.90 Å². The monoisotopic (exact) mass is 213 g/mol. The first-order valence-corrected chi connectivity index (χ1v) is 5.96. The van der Waals surface area contributed by atoms with Crippen LogP contribution in [0.4, 0.5) is 0 Å². The standard InChI is InChI=1S/C12H23NO2/c1-9(2)11-4-5-12(15)13(7-6-11)8-10(3)14/h9-11,14H,4-8H2,1-3H3. The number of hydrogen-bond donors (Lipinski definition) is 1. The molecule has 3 nitrogen and oxygen atoms in total. The lowest BCUT2D eigenvalue weighted by atomic mass is 9.89. The molecule has 0 aromatic rings. The van der Waals surface area contributed by atoms with Crippen LogP contribution in [-0.4, -0.2) is 35.1 Å². The minimum Gasteiger partial charge on any atom is -0.392 e. The Morgan fingerprint density at radius 1 is 1.40 bits per heavy atom. The van der Waals surface area contributed by atoms with Gasteiger partial charge in [0.25, 0.3) is 0 Å². The van der Waals surface area contributed by atoms with E-state index in [9.17, 15) is 9.90 Å². The molecule has 2 atom stereocenters. The summed E-state index contributed by atoms with van der Waals surface area (Å²) >= 11 is 0. The fourth-order valence-electron chi connectivity index (χ4n) is 2.24. The number of amides is 1. The van der Waals surface area contributed by atoms with Crippen molar-refractivity contribution in [2.75, 3.05) is 13.1 Å². The lowest BCUT2D eigenvalue weighted by Gasteiger charge is -2.22. The summed E-state index contributed by atoms with van der Waals surface area (Å²) in [4.78, 5) is 13.5. The van der Waals surface area contributed by atoms with E-state index in [1.165, 1.54) is 0 Å². The Kier molecular flexibility index (Phi) is 4.58. The maximum absolute atomic E-state index is 11.7. The van der Waals surface area contributed by atoms with Crippen LogP contribution in [0.15, 0.2) is 0 Å². The van der Waals surface area contributed by atoms with E-state index in [2.05, 4.69) is 13.8 Å². The van der Waals surface area contributed by atoms with Gasteiger partial charge >= 0.3 is 0 Å². The highest BCUT2D eigenvalue weighted by atomic mass is 16.3. The van der Waals surface area contributed by atoms with E-state index in [4.69, 9.17) is 0 Å². The highest BCUT2D eigenvalue weighted by molar-refractivity contribution is 5.76. The molecule has 1 saturated heterocycles. The van der Waals surface area contributed by atoms with Crippen LogP contribution >= 0.6 is 0 Å². The Morgan fingerprint density at radius 2 is 2.07 bits per heavy atom. The minimum absolute atomic E-state index is 0.207. The van der Waals surface area contributed by atoms with E-state index < -0.39 is 6.10 Å². The number of aliphatic hydroxyl groups is 1. The first kappa shape index (κ1) is 12.5. The fraction of sp³-hybridized carbons (Fsp3) is 0.917. The SMILES string of the molecule is CC(O)CN1CCC(C(C)C)CCC1=O. The molecular formula is C12H23NO2. The number of β-amino-alcohol motifs (C(OH)–C–C–N with tert-alkyl or cyclic N) is 1. The molecule has 1 amide bonds. The number of nitrogens with zero attached hydrogens (tertiary/aromatic N) is 1. The molecule has 15 heavy (non-hydrogen) atoms. The van der Waals surface area contributed by atoms with Gasteiger partial charge in [-0.15, -0.1) is 0 Å². The van der Waals surface area contributed by atoms with E-state index in [0.29, 0.717) is 24.8 Å². The summed E-state index contributed by atoms with van der Waals surface area (Å²) in [6.07, 6.45) is 2.32. The number of carbonyl (C=O) groups excluding carboxylic acids is 1. The molecule has 1 aliphatic heterocycles. The van der Waals surface area contributed by atoms with Crippen LogP contribution in [0.2, 0.25) is 0 Å². The van der Waals surface area contributed by atoms with Crippen molar-refractivity contribution in [1.82, 2.24) is 4.90 Å². The molecule has 1 aliphatic rings. The predicted octanol–water partition coefficient (Wildman–Crippen LogP) is 1.65. The van der Waals surface area contributed by atoms with Crippen molar-refractivity contribution in [2.45, 2.75) is 46.1 Å². The van der Waals surface area contributed by atoms with Crippen LogP contribution in [0, 0.1) is 11.8 Å². The van der Waals surface area contributed by atoms with Crippen LogP contribution in [0.1, 0.15) is 40.0 Å². The highest BCUT2D eigenvalue weighted by Gasteiger charge is 2.24. The lowest BCUT2D eigenvalue weighted by molar-refractivity contribution is -0.131. The molecule has 0 aromatic heterocycles. The van der Waals surface area contributed by atoms with E-state index >= 15 is 0 Å². The largest absolute Gasteiger partial charge is 0.392 e. The Bertz CT molecular complexity index is 214. The van der Waals surface area contributed by atoms with Crippen LogP contribution in [0.25, 0.3) is 0 Å². The van der Waals surface area contributed by atoms with Crippen LogP contribution in [-0.2, 0) is 4.79 Å². The second kappa shape index (κ2) is 5.50. The minimum atomic E-state index is -0.412. The fourth-order valence-corrected chi connectivity index (χ4v) is 2.24. The highest BCUT2D eigenvalue weighted by Crippen LogP contribution is 2.25. The van der Waals surface area contributed by atoms with Crippen molar-refractivity contribution in [3.8, 4) is 0 Å². The average Bonchev–Trinajstić information content (AvgIpc) is 2.29. The Morgan fingerprint density at radius 3 is 2.60 bits per heavy atom. The quantitative estimate of drug-likeness (QED) is 0.774. The maximum Gasteiger partial charge on any atom is 0.222 e. The van der Waals surface area contributed by atoms with E-state index in [1.807, 2.05) is 4.90 Å². The Balaban J connectivity index is 2.51. The van der Waals surface area contributed by atoms with Crippen molar-refractivity contribution in [3.05, 3.63) is 0 Å². The van der Waals surface area contributed by atoms with Gasteiger partial charge in [-0.25, -0.2) is 0 Å². The molecule has 3 heteroatoms. The number of carbonyl (C=O) groups is 1. The summed E-state index contributed by atoms with van der Waals surface area (Å²) in [5, 5.41) is 9.30. The summed E-state index contributed by atoms with van der Waals surface area (Å²) in [6.45, 7) is 7.48. The van der Waals surface area contributed by atoms with Gasteiger partial charge in [-0.3, -0.25) is 4.79 Å². The number of likely N-dealkylation sites (tertiary alicyclic amines) is 1. The molecule has 0 aromatic carbocycles. The van der Waals surface area contributed by atoms with E-state index in [-0.39, 0.29) is 5.91 Å². The third-order valence-electron chi connectivity index (χ3n) is 3.28. The summed E-state index contributed by atoms with van der Waals surface area (Å²) in [6, 6.07) is 0. The molecule has 0 aliphatic carbocycles. The molecule has 1 rings (SSSR count). The van der Waals surface area contributed by atoms with E-state index in [0.717, 1.165) is 19.4 Å². The maximum atomic E-state index is 11.7. The van der Waals surface area contributed by atoms with Gasteiger partial charge < -0.3 is 10.0 Å². The van der Waals surface area contributed by atoms with Gasteiger partial charge in [0.2, 0.25) is 5.91 Å². The molecule has 0 spiro atoms. The van der Waals surface area contributed by atoms with Crippen LogP contribution in [0.5, 0.6) is 0 Å². The van der Waals surface area contributed by atoms with Crippen molar-refractivity contribution in [1.29, 1.82) is 0 Å². The zero-order valence-electron chi connectivity index (χ0n) is 10.1. The first-order valence-electron chi connectivity index (χ1n) is 5.96. The summed E-state index contributed by atoms with van der Waals surface area (Å²) in [5.74, 6) is 1.52. The zero-order chi connectivity index (χ0) is 11.4.